The number of hydrogen-bond donors (Lipinski definition) is 1. The van der Waals surface area contributed by atoms with Gasteiger partial charge in [0.05, 0.1) is 0 Å². The van der Waals surface area contributed by atoms with Crippen molar-refractivity contribution in [2.75, 3.05) is 0 Å². The van der Waals surface area contributed by atoms with Gasteiger partial charge in [0.15, 0.2) is 5.88 Å². The maximum Gasteiger partial charge on any atom is 0.252 e. The maximum absolute atomic E-state index is 5.99. The van der Waals surface area contributed by atoms with Gasteiger partial charge in [0.1, 0.15) is 0 Å². The highest BCUT2D eigenvalue weighted by Crippen LogP contribution is 2.36. The van der Waals surface area contributed by atoms with Crippen LogP contribution in [0.4, 0.5) is 0 Å². The van der Waals surface area contributed by atoms with E-state index in [9.17, 15) is 0 Å². The van der Waals surface area contributed by atoms with Gasteiger partial charge in [-0.15, -0.1) is 0 Å². The fraction of sp³-hybridized carbons (Fsp3) is 0.600. The third-order valence-corrected chi connectivity index (χ3v) is 7.08. The molecule has 0 atom stereocenters. The summed E-state index contributed by atoms with van der Waals surface area (Å²) >= 11 is 0. The molecule has 0 aliphatic rings. The number of rotatable bonds is 2. The van der Waals surface area contributed by atoms with Crippen molar-refractivity contribution in [3.63, 3.8) is 0 Å². The summed E-state index contributed by atoms with van der Waals surface area (Å²) in [6.07, 6.45) is 1.89. The van der Waals surface area contributed by atoms with E-state index in [-0.39, 0.29) is 5.04 Å². The Balaban J connectivity index is 2.73. The summed E-state index contributed by atoms with van der Waals surface area (Å²) < 4.78 is 5.99. The van der Waals surface area contributed by atoms with E-state index in [4.69, 9.17) is 4.43 Å². The van der Waals surface area contributed by atoms with Crippen LogP contribution in [-0.4, -0.2) is 13.3 Å². The Kier molecular flexibility index (Phi) is 2.57. The van der Waals surface area contributed by atoms with E-state index < -0.39 is 8.32 Å². The van der Waals surface area contributed by atoms with Crippen LogP contribution in [0.5, 0.6) is 5.88 Å². The van der Waals surface area contributed by atoms with Crippen LogP contribution in [0, 0.1) is 0 Å². The molecule has 0 aliphatic carbocycles. The van der Waals surface area contributed by atoms with Crippen LogP contribution in [0.1, 0.15) is 20.8 Å². The molecule has 0 saturated heterocycles. The van der Waals surface area contributed by atoms with Crippen LogP contribution in [0.25, 0.3) is 0 Å². The van der Waals surface area contributed by atoms with Crippen molar-refractivity contribution in [3.05, 3.63) is 18.3 Å². The SMILES string of the molecule is CC(C)(C)[Si](C)(C)Oc1ccc[nH]1. The first-order valence-corrected chi connectivity index (χ1v) is 7.56. The van der Waals surface area contributed by atoms with Gasteiger partial charge in [-0.05, 0) is 30.3 Å². The molecular weight excluding hydrogens is 178 g/mol. The van der Waals surface area contributed by atoms with E-state index in [1.807, 2.05) is 18.3 Å². The van der Waals surface area contributed by atoms with Crippen LogP contribution in [0.3, 0.4) is 0 Å². The molecule has 13 heavy (non-hydrogen) atoms. The first kappa shape index (κ1) is 10.4. The summed E-state index contributed by atoms with van der Waals surface area (Å²) in [6.45, 7) is 11.2. The van der Waals surface area contributed by atoms with Crippen molar-refractivity contribution in [3.8, 4) is 5.88 Å². The van der Waals surface area contributed by atoms with Gasteiger partial charge in [0.25, 0.3) is 8.32 Å². The summed E-state index contributed by atoms with van der Waals surface area (Å²) in [7, 11) is -1.64. The standard InChI is InChI=1S/C10H19NOSi/c1-10(2,3)13(4,5)12-9-7-6-8-11-9/h6-8,11H,1-5H3. The number of hydrogen-bond acceptors (Lipinski definition) is 1. The van der Waals surface area contributed by atoms with Crippen LogP contribution in [0.2, 0.25) is 18.1 Å². The Labute approximate surface area is 81.4 Å². The Hall–Kier alpha value is -0.703. The fourth-order valence-corrected chi connectivity index (χ4v) is 1.79. The third kappa shape index (κ3) is 2.37. The van der Waals surface area contributed by atoms with Crippen LogP contribution < -0.4 is 4.43 Å². The smallest absolute Gasteiger partial charge is 0.252 e. The Morgan fingerprint density at radius 1 is 1.31 bits per heavy atom. The number of nitrogens with one attached hydrogen (secondary N) is 1. The van der Waals surface area contributed by atoms with Crippen molar-refractivity contribution in [2.45, 2.75) is 38.9 Å². The normalized spacial score (nSPS) is 13.0. The lowest BCUT2D eigenvalue weighted by Gasteiger charge is -2.35. The molecule has 0 amide bonds. The average Bonchev–Trinajstić information content (AvgIpc) is 2.35. The van der Waals surface area contributed by atoms with E-state index in [2.05, 4.69) is 38.8 Å². The lowest BCUT2D eigenvalue weighted by atomic mass is 10.2. The van der Waals surface area contributed by atoms with Gasteiger partial charge >= 0.3 is 0 Å². The molecule has 3 heteroatoms. The fourth-order valence-electron chi connectivity index (χ4n) is 0.805. The lowest BCUT2D eigenvalue weighted by molar-refractivity contribution is 0.479. The van der Waals surface area contributed by atoms with Gasteiger partial charge < -0.3 is 9.41 Å². The molecule has 0 fully saturated rings. The molecule has 0 radical (unpaired) electrons. The first-order chi connectivity index (χ1) is 5.83. The molecule has 1 rings (SSSR count). The molecule has 1 N–H and O–H groups in total. The molecule has 2 nitrogen and oxygen atoms in total. The second-order valence-corrected chi connectivity index (χ2v) is 9.62. The van der Waals surface area contributed by atoms with E-state index in [0.29, 0.717) is 0 Å². The molecule has 0 saturated carbocycles. The molecule has 0 unspecified atom stereocenters. The molecule has 0 aromatic carbocycles. The molecule has 0 aliphatic heterocycles. The second-order valence-electron chi connectivity index (χ2n) is 4.90. The van der Waals surface area contributed by atoms with Crippen molar-refractivity contribution in [1.82, 2.24) is 4.98 Å². The zero-order valence-corrected chi connectivity index (χ0v) is 10.1. The highest BCUT2D eigenvalue weighted by atomic mass is 28.4. The van der Waals surface area contributed by atoms with Gasteiger partial charge in [-0.1, -0.05) is 20.8 Å². The summed E-state index contributed by atoms with van der Waals surface area (Å²) in [5.74, 6) is 0.895. The van der Waals surface area contributed by atoms with Crippen molar-refractivity contribution >= 4 is 8.32 Å². The Morgan fingerprint density at radius 3 is 2.31 bits per heavy atom. The molecule has 0 spiro atoms. The van der Waals surface area contributed by atoms with Crippen molar-refractivity contribution in [2.24, 2.45) is 0 Å². The first-order valence-electron chi connectivity index (χ1n) is 4.65. The van der Waals surface area contributed by atoms with E-state index in [1.165, 1.54) is 0 Å². The van der Waals surface area contributed by atoms with Gasteiger partial charge in [-0.2, -0.15) is 0 Å². The predicted octanol–water partition coefficient (Wildman–Crippen LogP) is 3.40. The highest BCUT2D eigenvalue weighted by molar-refractivity contribution is 6.74. The Morgan fingerprint density at radius 2 is 1.92 bits per heavy atom. The number of aromatic amines is 1. The zero-order chi connectivity index (χ0) is 10.1. The monoisotopic (exact) mass is 197 g/mol. The topological polar surface area (TPSA) is 25.0 Å². The summed E-state index contributed by atoms with van der Waals surface area (Å²) in [6, 6.07) is 3.93. The Bertz CT molecular complexity index is 259. The number of aromatic nitrogens is 1. The van der Waals surface area contributed by atoms with Gasteiger partial charge in [-0.25, -0.2) is 0 Å². The third-order valence-electron chi connectivity index (χ3n) is 2.74. The lowest BCUT2D eigenvalue weighted by Crippen LogP contribution is -2.43. The molecular formula is C10H19NOSi. The quantitative estimate of drug-likeness (QED) is 0.722. The highest BCUT2D eigenvalue weighted by Gasteiger charge is 2.39. The van der Waals surface area contributed by atoms with Crippen LogP contribution in [-0.2, 0) is 0 Å². The molecule has 1 aromatic rings. The second kappa shape index (κ2) is 3.22. The van der Waals surface area contributed by atoms with Crippen LogP contribution in [0.15, 0.2) is 18.3 Å². The zero-order valence-electron chi connectivity index (χ0n) is 9.14. The summed E-state index contributed by atoms with van der Waals surface area (Å²) in [4.78, 5) is 3.08. The molecule has 74 valence electrons. The molecule has 1 heterocycles. The van der Waals surface area contributed by atoms with Gasteiger partial charge in [0, 0.05) is 6.20 Å². The van der Waals surface area contributed by atoms with Crippen molar-refractivity contribution in [1.29, 1.82) is 0 Å². The van der Waals surface area contributed by atoms with E-state index in [1.54, 1.807) is 0 Å². The number of H-pyrrole nitrogens is 1. The maximum atomic E-state index is 5.99. The predicted molar refractivity (Wildman–Crippen MR) is 58.6 cm³/mol. The molecule has 1 aromatic heterocycles. The van der Waals surface area contributed by atoms with E-state index >= 15 is 0 Å². The van der Waals surface area contributed by atoms with Gasteiger partial charge in [0.2, 0.25) is 0 Å². The van der Waals surface area contributed by atoms with Crippen LogP contribution >= 0.6 is 0 Å². The minimum atomic E-state index is -1.64. The largest absolute Gasteiger partial charge is 0.532 e. The van der Waals surface area contributed by atoms with Crippen molar-refractivity contribution < 1.29 is 4.43 Å². The minimum Gasteiger partial charge on any atom is -0.532 e. The average molecular weight is 197 g/mol. The van der Waals surface area contributed by atoms with Gasteiger partial charge in [-0.3, -0.25) is 0 Å². The minimum absolute atomic E-state index is 0.262. The van der Waals surface area contributed by atoms with E-state index in [0.717, 1.165) is 5.88 Å². The summed E-state index contributed by atoms with van der Waals surface area (Å²) in [5.41, 5.74) is 0. The molecule has 0 bridgehead atoms. The summed E-state index contributed by atoms with van der Waals surface area (Å²) in [5, 5.41) is 0.262.